The Labute approximate surface area is 263 Å². The Morgan fingerprint density at radius 3 is 2.36 bits per heavy atom. The number of ether oxygens (including phenoxy) is 1. The van der Waals surface area contributed by atoms with Gasteiger partial charge in [0, 0.05) is 16.7 Å². The molecule has 0 radical (unpaired) electrons. The van der Waals surface area contributed by atoms with Gasteiger partial charge in [0.25, 0.3) is 15.9 Å². The molecule has 13 heteroatoms. The Balaban J connectivity index is 1.34. The molecule has 0 bridgehead atoms. The highest BCUT2D eigenvalue weighted by Gasteiger charge is 2.26. The number of carbonyl (C=O) groups excluding carboxylic acids is 2. The van der Waals surface area contributed by atoms with Gasteiger partial charge in [-0.1, -0.05) is 91.1 Å². The summed E-state index contributed by atoms with van der Waals surface area (Å²) in [4.78, 5) is 41.3. The van der Waals surface area contributed by atoms with Gasteiger partial charge in [0.2, 0.25) is 4.80 Å². The Kier molecular flexibility index (Phi) is 9.69. The molecule has 0 saturated heterocycles. The van der Waals surface area contributed by atoms with E-state index < -0.39 is 28.0 Å². The highest BCUT2D eigenvalue weighted by molar-refractivity contribution is 7.90. The van der Waals surface area contributed by atoms with Crippen LogP contribution in [0.3, 0.4) is 0 Å². The molecule has 3 aromatic carbocycles. The van der Waals surface area contributed by atoms with Crippen molar-refractivity contribution in [1.82, 2.24) is 14.5 Å². The largest absolute Gasteiger partial charge is 0.478 e. The quantitative estimate of drug-likeness (QED) is 0.248. The number of rotatable bonds is 10. The van der Waals surface area contributed by atoms with Crippen LogP contribution in [-0.2, 0) is 43.9 Å². The molecule has 0 aliphatic heterocycles. The van der Waals surface area contributed by atoms with Crippen LogP contribution in [-0.4, -0.2) is 41.3 Å². The van der Waals surface area contributed by atoms with Crippen LogP contribution in [0, 0.1) is 0 Å². The Morgan fingerprint density at radius 1 is 0.956 bits per heavy atom. The van der Waals surface area contributed by atoms with E-state index in [1.54, 1.807) is 59.3 Å². The lowest BCUT2D eigenvalue weighted by Crippen LogP contribution is -2.31. The first-order valence-electron chi connectivity index (χ1n) is 14.2. The van der Waals surface area contributed by atoms with Gasteiger partial charge in [0.1, 0.15) is 11.6 Å². The number of hydrogen-bond donors (Lipinski definition) is 2. The second kappa shape index (κ2) is 13.8. The molecular formula is C32H30N4O7S2. The molecule has 45 heavy (non-hydrogen) atoms. The van der Waals surface area contributed by atoms with Crippen LogP contribution in [0.2, 0.25) is 0 Å². The topological polar surface area (TPSA) is 157 Å². The zero-order valence-electron chi connectivity index (χ0n) is 24.3. The number of sulfonamides is 1. The third kappa shape index (κ3) is 7.62. The minimum Gasteiger partial charge on any atom is -0.478 e. The van der Waals surface area contributed by atoms with E-state index in [-0.39, 0.29) is 29.2 Å². The summed E-state index contributed by atoms with van der Waals surface area (Å²) in [5.74, 6) is -1.65. The molecule has 0 unspecified atom stereocenters. The number of aliphatic carboxylic acids is 1. The molecule has 2 N–H and O–H groups in total. The molecule has 1 heterocycles. The van der Waals surface area contributed by atoms with E-state index in [4.69, 9.17) is 4.74 Å². The fourth-order valence-electron chi connectivity index (χ4n) is 4.87. The van der Waals surface area contributed by atoms with Gasteiger partial charge in [0.05, 0.1) is 11.4 Å². The van der Waals surface area contributed by atoms with E-state index in [0.29, 0.717) is 41.6 Å². The smallest absolute Gasteiger partial charge is 0.421 e. The highest BCUT2D eigenvalue weighted by Crippen LogP contribution is 2.28. The van der Waals surface area contributed by atoms with Crippen molar-refractivity contribution in [3.63, 3.8) is 0 Å². The van der Waals surface area contributed by atoms with E-state index in [1.165, 1.54) is 17.4 Å². The van der Waals surface area contributed by atoms with E-state index >= 15 is 0 Å². The van der Waals surface area contributed by atoms with E-state index in [9.17, 15) is 27.9 Å². The van der Waals surface area contributed by atoms with Gasteiger partial charge in [-0.25, -0.2) is 27.4 Å². The summed E-state index contributed by atoms with van der Waals surface area (Å²) in [5.41, 5.74) is 2.88. The van der Waals surface area contributed by atoms with Crippen LogP contribution < -0.4 is 9.52 Å². The van der Waals surface area contributed by atoms with Crippen molar-refractivity contribution >= 4 is 39.3 Å². The van der Waals surface area contributed by atoms with Crippen molar-refractivity contribution in [2.75, 3.05) is 0 Å². The van der Waals surface area contributed by atoms with Crippen molar-refractivity contribution < 1.29 is 32.6 Å². The lowest BCUT2D eigenvalue weighted by Gasteiger charge is -2.12. The maximum absolute atomic E-state index is 13.2. The van der Waals surface area contributed by atoms with E-state index in [1.807, 2.05) is 29.8 Å². The molecule has 0 saturated carbocycles. The number of aromatic nitrogens is 2. The Morgan fingerprint density at radius 2 is 1.64 bits per heavy atom. The van der Waals surface area contributed by atoms with Gasteiger partial charge in [-0.05, 0) is 48.4 Å². The number of hydrogen-bond acceptors (Lipinski definition) is 8. The highest BCUT2D eigenvalue weighted by atomic mass is 32.2. The number of amides is 2. The number of carbonyl (C=O) groups is 3. The number of nitrogens with zero attached hydrogens (tertiary/aromatic N) is 3. The summed E-state index contributed by atoms with van der Waals surface area (Å²) in [6, 6.07) is 22.4. The van der Waals surface area contributed by atoms with Crippen molar-refractivity contribution in [1.29, 1.82) is 0 Å². The molecule has 4 aromatic rings. The number of carboxylic acids is 1. The molecule has 11 nitrogen and oxygen atoms in total. The zero-order chi connectivity index (χ0) is 32.0. The first-order valence-corrected chi connectivity index (χ1v) is 16.5. The summed E-state index contributed by atoms with van der Waals surface area (Å²) in [7, 11) is -4.26. The van der Waals surface area contributed by atoms with Crippen molar-refractivity contribution in [3.8, 4) is 11.1 Å². The van der Waals surface area contributed by atoms with Gasteiger partial charge in [0.15, 0.2) is 0 Å². The predicted molar refractivity (Wildman–Crippen MR) is 166 cm³/mol. The predicted octanol–water partition coefficient (Wildman–Crippen LogP) is 4.83. The second-order valence-corrected chi connectivity index (χ2v) is 12.9. The molecular weight excluding hydrogens is 617 g/mol. The zero-order valence-corrected chi connectivity index (χ0v) is 25.9. The standard InChI is InChI=1S/C32H30N4O7S2/c1-2-28-34-36(31(44-28)33-29(37)25-12-8-13-26(25)30(38)39)19-21-15-17-23(18-16-21)24-11-6-7-14-27(24)45(41,42)35-32(40)43-20-22-9-4-3-5-10-22/h3-7,9-11,14-18H,2,8,12-13,19-20H2,1H3,(H,35,40)(H,38,39). The third-order valence-electron chi connectivity index (χ3n) is 7.10. The first kappa shape index (κ1) is 31.5. The molecule has 0 fully saturated rings. The minimum atomic E-state index is -4.26. The molecule has 2 amide bonds. The third-order valence-corrected chi connectivity index (χ3v) is 9.56. The molecule has 5 rings (SSSR count). The van der Waals surface area contributed by atoms with Crippen LogP contribution >= 0.6 is 11.3 Å². The monoisotopic (exact) mass is 646 g/mol. The summed E-state index contributed by atoms with van der Waals surface area (Å²) in [5, 5.41) is 14.8. The van der Waals surface area contributed by atoms with Crippen LogP contribution in [0.4, 0.5) is 4.79 Å². The molecule has 232 valence electrons. The fraction of sp³-hybridized carbons (Fsp3) is 0.219. The number of benzene rings is 3. The average Bonchev–Trinajstić information content (AvgIpc) is 3.68. The van der Waals surface area contributed by atoms with Gasteiger partial charge in [-0.3, -0.25) is 4.79 Å². The fourth-order valence-corrected chi connectivity index (χ4v) is 6.83. The Hall–Kier alpha value is -4.88. The lowest BCUT2D eigenvalue weighted by atomic mass is 10.0. The van der Waals surface area contributed by atoms with E-state index in [2.05, 4.69) is 10.1 Å². The first-order chi connectivity index (χ1) is 21.6. The van der Waals surface area contributed by atoms with Crippen LogP contribution in [0.5, 0.6) is 0 Å². The van der Waals surface area contributed by atoms with Gasteiger partial charge < -0.3 is 9.84 Å². The van der Waals surface area contributed by atoms with Crippen molar-refractivity contribution in [2.45, 2.75) is 50.7 Å². The number of carboxylic acid groups (broad SMARTS) is 1. The summed E-state index contributed by atoms with van der Waals surface area (Å²) in [6.07, 6.45) is 0.882. The summed E-state index contributed by atoms with van der Waals surface area (Å²) < 4.78 is 35.0. The molecule has 1 aliphatic rings. The number of nitrogens with one attached hydrogen (secondary N) is 1. The SMILES string of the molecule is CCc1nn(Cc2ccc(-c3ccccc3S(=O)(=O)NC(=O)OCc3ccccc3)cc2)c(=NC(=O)C2=C(C(=O)O)CCC2)s1. The molecule has 1 aromatic heterocycles. The van der Waals surface area contributed by atoms with Crippen molar-refractivity contribution in [3.05, 3.63) is 111 Å². The van der Waals surface area contributed by atoms with Crippen molar-refractivity contribution in [2.24, 2.45) is 4.99 Å². The minimum absolute atomic E-state index is 0.0769. The van der Waals surface area contributed by atoms with Gasteiger partial charge in [-0.15, -0.1) is 0 Å². The maximum Gasteiger partial charge on any atom is 0.421 e. The lowest BCUT2D eigenvalue weighted by molar-refractivity contribution is -0.133. The summed E-state index contributed by atoms with van der Waals surface area (Å²) in [6.45, 7) is 2.14. The van der Waals surface area contributed by atoms with Gasteiger partial charge in [-0.2, -0.15) is 10.1 Å². The van der Waals surface area contributed by atoms with Crippen LogP contribution in [0.15, 0.2) is 99.9 Å². The van der Waals surface area contributed by atoms with Crippen LogP contribution in [0.1, 0.15) is 42.3 Å². The molecule has 0 atom stereocenters. The van der Waals surface area contributed by atoms with Gasteiger partial charge >= 0.3 is 12.1 Å². The average molecular weight is 647 g/mol. The van der Waals surface area contributed by atoms with E-state index in [0.717, 1.165) is 16.1 Å². The second-order valence-electron chi connectivity index (χ2n) is 10.2. The normalized spacial score (nSPS) is 13.6. The number of aryl methyl sites for hydroxylation is 1. The Bertz CT molecular complexity index is 1940. The molecule has 1 aliphatic carbocycles. The van der Waals surface area contributed by atoms with Crippen LogP contribution in [0.25, 0.3) is 11.1 Å². The summed E-state index contributed by atoms with van der Waals surface area (Å²) >= 11 is 1.27. The molecule has 0 spiro atoms. The maximum atomic E-state index is 13.2.